The number of sulfonamides is 2. The van der Waals surface area contributed by atoms with Crippen molar-refractivity contribution in [3.8, 4) is 0 Å². The van der Waals surface area contributed by atoms with Gasteiger partial charge in [0.25, 0.3) is 11.8 Å². The largest absolute Gasteiger partial charge is 0.322 e. The van der Waals surface area contributed by atoms with Crippen LogP contribution in [0.2, 0.25) is 0 Å². The Kier molecular flexibility index (Phi) is 13.4. The predicted molar refractivity (Wildman–Crippen MR) is 248 cm³/mol. The number of hydrogen-bond acceptors (Lipinski definition) is 10. The van der Waals surface area contributed by atoms with Crippen molar-refractivity contribution < 1.29 is 26.4 Å². The number of aromatic nitrogens is 2. The van der Waals surface area contributed by atoms with Gasteiger partial charge in [0, 0.05) is 49.7 Å². The summed E-state index contributed by atoms with van der Waals surface area (Å²) in [5.41, 5.74) is 5.50. The van der Waals surface area contributed by atoms with Crippen LogP contribution in [0.4, 0.5) is 11.4 Å². The lowest BCUT2D eigenvalue weighted by Gasteiger charge is -2.17. The molecule has 0 aliphatic rings. The lowest BCUT2D eigenvalue weighted by Crippen LogP contribution is -2.26. The van der Waals surface area contributed by atoms with Crippen molar-refractivity contribution in [2.75, 3.05) is 24.7 Å². The van der Waals surface area contributed by atoms with E-state index in [9.17, 15) is 26.4 Å². The van der Waals surface area contributed by atoms with Crippen LogP contribution in [0, 0.1) is 13.8 Å². The van der Waals surface area contributed by atoms with Gasteiger partial charge in [-0.2, -0.15) is 8.61 Å². The van der Waals surface area contributed by atoms with Crippen LogP contribution in [0.25, 0.3) is 20.4 Å². The SMILES string of the molecule is Cc1nc2cc(NC(=O)c3ccc(S(=O)(=O)N(C)Cc4ccccc4)cc3)ccc2s1.Cc1nc2cc(NC(=O)c3ccc(S(=O)(=O)N(C)Cc4ccccc4)cc3)ccc2s1. The Bertz CT molecular complexity index is 2870. The first kappa shape index (κ1) is 43.9. The molecule has 16 heteroatoms. The average molecular weight is 903 g/mol. The fourth-order valence-corrected chi connectivity index (χ4v) is 10.3. The number of aryl methyl sites for hydroxylation is 2. The van der Waals surface area contributed by atoms with Crippen molar-refractivity contribution in [2.24, 2.45) is 0 Å². The Morgan fingerprint density at radius 1 is 0.516 bits per heavy atom. The molecule has 2 heterocycles. The highest BCUT2D eigenvalue weighted by Gasteiger charge is 2.23. The van der Waals surface area contributed by atoms with Gasteiger partial charge in [0.15, 0.2) is 0 Å². The van der Waals surface area contributed by atoms with E-state index in [4.69, 9.17) is 0 Å². The standard InChI is InChI=1S/2C23H21N3O3S2/c2*1-16-24-21-14-19(10-13-22(21)30-16)25-23(27)18-8-11-20(12-9-18)31(28,29)26(2)15-17-6-4-3-5-7-17/h2*3-14H,15H2,1-2H3,(H,25,27). The molecule has 12 nitrogen and oxygen atoms in total. The van der Waals surface area contributed by atoms with Crippen LogP contribution in [-0.4, -0.2) is 61.3 Å². The smallest absolute Gasteiger partial charge is 0.255 e. The van der Waals surface area contributed by atoms with E-state index in [2.05, 4.69) is 20.6 Å². The van der Waals surface area contributed by atoms with Gasteiger partial charge in [0.1, 0.15) is 0 Å². The van der Waals surface area contributed by atoms with Crippen LogP contribution in [0.5, 0.6) is 0 Å². The number of fused-ring (bicyclic) bond motifs is 2. The molecule has 0 spiro atoms. The quantitative estimate of drug-likeness (QED) is 0.123. The van der Waals surface area contributed by atoms with E-state index in [1.54, 1.807) is 36.8 Å². The number of amides is 2. The fourth-order valence-electron chi connectivity index (χ4n) is 6.41. The van der Waals surface area contributed by atoms with Gasteiger partial charge in [0.05, 0.1) is 40.2 Å². The summed E-state index contributed by atoms with van der Waals surface area (Å²) in [6.45, 7) is 4.42. The van der Waals surface area contributed by atoms with Crippen molar-refractivity contribution in [3.63, 3.8) is 0 Å². The van der Waals surface area contributed by atoms with Crippen LogP contribution in [0.15, 0.2) is 155 Å². The summed E-state index contributed by atoms with van der Waals surface area (Å²) in [6.07, 6.45) is 0. The van der Waals surface area contributed by atoms with Gasteiger partial charge in [-0.1, -0.05) is 60.7 Å². The zero-order valence-corrected chi connectivity index (χ0v) is 37.4. The number of benzene rings is 6. The molecule has 0 atom stereocenters. The normalized spacial score (nSPS) is 11.7. The average Bonchev–Trinajstić information content (AvgIpc) is 3.84. The summed E-state index contributed by atoms with van der Waals surface area (Å²) in [4.78, 5) is 34.4. The summed E-state index contributed by atoms with van der Waals surface area (Å²) >= 11 is 3.20. The number of nitrogens with zero attached hydrogens (tertiary/aromatic N) is 4. The molecule has 0 unspecified atom stereocenters. The van der Waals surface area contributed by atoms with Crippen molar-refractivity contribution in [1.82, 2.24) is 18.6 Å². The molecule has 8 aromatic rings. The number of nitrogens with one attached hydrogen (secondary N) is 2. The molecule has 8 rings (SSSR count). The van der Waals surface area contributed by atoms with Crippen molar-refractivity contribution >= 4 is 86.3 Å². The number of carbonyl (C=O) groups is 2. The van der Waals surface area contributed by atoms with Gasteiger partial charge in [0.2, 0.25) is 20.0 Å². The van der Waals surface area contributed by atoms with Gasteiger partial charge in [-0.25, -0.2) is 26.8 Å². The minimum Gasteiger partial charge on any atom is -0.322 e. The van der Waals surface area contributed by atoms with Crippen LogP contribution < -0.4 is 10.6 Å². The molecule has 0 aliphatic carbocycles. The second-order valence-corrected chi connectivity index (χ2v) is 20.8. The molecule has 6 aromatic carbocycles. The Morgan fingerprint density at radius 2 is 0.871 bits per heavy atom. The number of anilines is 2. The van der Waals surface area contributed by atoms with Crippen molar-refractivity contribution in [2.45, 2.75) is 36.7 Å². The lowest BCUT2D eigenvalue weighted by atomic mass is 10.2. The molecular weight excluding hydrogens is 861 g/mol. The predicted octanol–water partition coefficient (Wildman–Crippen LogP) is 9.36. The van der Waals surface area contributed by atoms with Crippen molar-refractivity contribution in [1.29, 1.82) is 0 Å². The number of hydrogen-bond donors (Lipinski definition) is 2. The van der Waals surface area contributed by atoms with E-state index in [0.29, 0.717) is 22.5 Å². The van der Waals surface area contributed by atoms with Gasteiger partial charge in [-0.15, -0.1) is 22.7 Å². The molecule has 0 radical (unpaired) electrons. The zero-order chi connectivity index (χ0) is 44.0. The summed E-state index contributed by atoms with van der Waals surface area (Å²) in [6, 6.07) is 41.8. The number of carbonyl (C=O) groups excluding carboxylic acids is 2. The maximum absolute atomic E-state index is 12.9. The number of rotatable bonds is 12. The van der Waals surface area contributed by atoms with Crippen LogP contribution >= 0.6 is 22.7 Å². The first-order valence-corrected chi connectivity index (χ1v) is 23.7. The van der Waals surface area contributed by atoms with E-state index in [1.165, 1.54) is 57.1 Å². The van der Waals surface area contributed by atoms with Crippen molar-refractivity contribution in [3.05, 3.63) is 178 Å². The lowest BCUT2D eigenvalue weighted by molar-refractivity contribution is 0.101. The first-order valence-electron chi connectivity index (χ1n) is 19.2. The molecule has 0 bridgehead atoms. The Balaban J connectivity index is 0.000000186. The molecule has 2 amide bonds. The molecule has 0 saturated carbocycles. The second kappa shape index (κ2) is 18.9. The third kappa shape index (κ3) is 10.5. The molecule has 0 aliphatic heterocycles. The Hall–Kier alpha value is -6.14. The van der Waals surface area contributed by atoms with Crippen LogP contribution in [0.3, 0.4) is 0 Å². The molecule has 2 aromatic heterocycles. The van der Waals surface area contributed by atoms with E-state index in [-0.39, 0.29) is 34.7 Å². The first-order chi connectivity index (χ1) is 29.6. The second-order valence-electron chi connectivity index (χ2n) is 14.3. The third-order valence-electron chi connectivity index (χ3n) is 9.65. The van der Waals surface area contributed by atoms with Gasteiger partial charge < -0.3 is 10.6 Å². The van der Waals surface area contributed by atoms with Gasteiger partial charge in [-0.3, -0.25) is 9.59 Å². The molecule has 316 valence electrons. The monoisotopic (exact) mass is 902 g/mol. The summed E-state index contributed by atoms with van der Waals surface area (Å²) < 4.78 is 56.1. The zero-order valence-electron chi connectivity index (χ0n) is 34.1. The van der Waals surface area contributed by atoms with E-state index >= 15 is 0 Å². The third-order valence-corrected chi connectivity index (χ3v) is 15.2. The fraction of sp³-hybridized carbons (Fsp3) is 0.130. The minimum absolute atomic E-state index is 0.141. The van der Waals surface area contributed by atoms with E-state index in [0.717, 1.165) is 41.6 Å². The highest BCUT2D eigenvalue weighted by molar-refractivity contribution is 7.89. The van der Waals surface area contributed by atoms with Crippen LogP contribution in [-0.2, 0) is 33.1 Å². The summed E-state index contributed by atoms with van der Waals surface area (Å²) in [7, 11) is -4.25. The molecule has 2 N–H and O–H groups in total. The van der Waals surface area contributed by atoms with Gasteiger partial charge >= 0.3 is 0 Å². The topological polar surface area (TPSA) is 159 Å². The summed E-state index contributed by atoms with van der Waals surface area (Å²) in [5, 5.41) is 7.61. The minimum atomic E-state index is -3.67. The molecule has 62 heavy (non-hydrogen) atoms. The Morgan fingerprint density at radius 3 is 1.23 bits per heavy atom. The molecule has 0 saturated heterocycles. The maximum Gasteiger partial charge on any atom is 0.255 e. The molecule has 0 fully saturated rings. The van der Waals surface area contributed by atoms with E-state index in [1.807, 2.05) is 111 Å². The van der Waals surface area contributed by atoms with Gasteiger partial charge in [-0.05, 0) is 110 Å². The highest BCUT2D eigenvalue weighted by atomic mass is 32.2. The van der Waals surface area contributed by atoms with E-state index < -0.39 is 20.0 Å². The number of thiazole rings is 2. The van der Waals surface area contributed by atoms with Crippen LogP contribution in [0.1, 0.15) is 41.9 Å². The Labute approximate surface area is 368 Å². The summed E-state index contributed by atoms with van der Waals surface area (Å²) in [5.74, 6) is -0.624. The molecular formula is C46H42N6O6S4. The maximum atomic E-state index is 12.9. The highest BCUT2D eigenvalue weighted by Crippen LogP contribution is 2.27.